The normalized spacial score (nSPS) is 22.2. The van der Waals surface area contributed by atoms with Crippen LogP contribution in [0, 0.1) is 0 Å². The van der Waals surface area contributed by atoms with Gasteiger partial charge in [0.2, 0.25) is 0 Å². The van der Waals surface area contributed by atoms with Gasteiger partial charge in [-0.05, 0) is 29.8 Å². The van der Waals surface area contributed by atoms with E-state index in [0.29, 0.717) is 12.0 Å². The van der Waals surface area contributed by atoms with E-state index in [1.807, 2.05) is 0 Å². The summed E-state index contributed by atoms with van der Waals surface area (Å²) >= 11 is 5.51. The molecule has 1 unspecified atom stereocenters. The second kappa shape index (κ2) is 4.63. The number of halogens is 1. The Morgan fingerprint density at radius 2 is 2.47 bits per heavy atom. The fourth-order valence-corrected chi connectivity index (χ4v) is 2.05. The van der Waals surface area contributed by atoms with Crippen molar-refractivity contribution in [2.45, 2.75) is 5.54 Å². The Labute approximate surface area is 103 Å². The second-order valence-electron chi connectivity index (χ2n) is 3.55. The van der Waals surface area contributed by atoms with Crippen LogP contribution >= 0.6 is 11.6 Å². The SMILES string of the molecule is O=CCN(C(=O)Cl)C1(c2ccco2)C=COC1. The molecule has 5 nitrogen and oxygen atoms in total. The van der Waals surface area contributed by atoms with Crippen molar-refractivity contribution in [1.82, 2.24) is 4.90 Å². The van der Waals surface area contributed by atoms with E-state index >= 15 is 0 Å². The van der Waals surface area contributed by atoms with Crippen molar-refractivity contribution in [3.05, 3.63) is 36.5 Å². The summed E-state index contributed by atoms with van der Waals surface area (Å²) in [6.45, 7) is 0.0452. The van der Waals surface area contributed by atoms with Crippen LogP contribution in [0.4, 0.5) is 4.79 Å². The molecule has 1 atom stereocenters. The van der Waals surface area contributed by atoms with Gasteiger partial charge in [-0.1, -0.05) is 0 Å². The van der Waals surface area contributed by atoms with Gasteiger partial charge in [0.1, 0.15) is 18.7 Å². The van der Waals surface area contributed by atoms with Crippen molar-refractivity contribution in [2.24, 2.45) is 0 Å². The first kappa shape index (κ1) is 11.7. The molecule has 2 rings (SSSR count). The van der Waals surface area contributed by atoms with Gasteiger partial charge in [-0.25, -0.2) is 0 Å². The molecule has 0 spiro atoms. The highest BCUT2D eigenvalue weighted by Gasteiger charge is 2.44. The van der Waals surface area contributed by atoms with Gasteiger partial charge in [0.05, 0.1) is 19.1 Å². The van der Waals surface area contributed by atoms with E-state index in [1.54, 1.807) is 18.2 Å². The maximum Gasteiger partial charge on any atom is 0.317 e. The molecule has 0 fully saturated rings. The summed E-state index contributed by atoms with van der Waals surface area (Å²) in [7, 11) is 0. The summed E-state index contributed by atoms with van der Waals surface area (Å²) in [5, 5.41) is -0.733. The molecule has 0 aromatic carbocycles. The van der Waals surface area contributed by atoms with Gasteiger partial charge in [0.15, 0.2) is 5.54 Å². The molecule has 0 N–H and O–H groups in total. The third-order valence-electron chi connectivity index (χ3n) is 2.64. The highest BCUT2D eigenvalue weighted by atomic mass is 35.5. The smallest absolute Gasteiger partial charge is 0.317 e. The molecule has 0 bridgehead atoms. The minimum atomic E-state index is -0.941. The number of furan rings is 1. The van der Waals surface area contributed by atoms with Crippen LogP contribution in [-0.4, -0.2) is 29.7 Å². The zero-order valence-corrected chi connectivity index (χ0v) is 9.59. The number of carbonyl (C=O) groups excluding carboxylic acids is 2. The first-order valence-electron chi connectivity index (χ1n) is 4.95. The predicted octanol–water partition coefficient (Wildman–Crippen LogP) is 1.88. The number of hydrogen-bond acceptors (Lipinski definition) is 4. The number of rotatable bonds is 4. The van der Waals surface area contributed by atoms with Crippen molar-refractivity contribution in [2.75, 3.05) is 13.2 Å². The molecule has 0 radical (unpaired) electrons. The van der Waals surface area contributed by atoms with Crippen LogP contribution in [0.25, 0.3) is 0 Å². The van der Waals surface area contributed by atoms with Gasteiger partial charge >= 0.3 is 5.37 Å². The Morgan fingerprint density at radius 3 is 2.94 bits per heavy atom. The molecule has 1 aromatic rings. The zero-order valence-electron chi connectivity index (χ0n) is 8.84. The lowest BCUT2D eigenvalue weighted by Crippen LogP contribution is -2.48. The molecule has 1 aliphatic rings. The average Bonchev–Trinajstić information content (AvgIpc) is 2.96. The molecule has 1 amide bonds. The third kappa shape index (κ3) is 1.93. The summed E-state index contributed by atoms with van der Waals surface area (Å²) in [5.74, 6) is 0.502. The van der Waals surface area contributed by atoms with Gasteiger partial charge < -0.3 is 18.8 Å². The number of hydrogen-bond donors (Lipinski definition) is 0. The first-order valence-corrected chi connectivity index (χ1v) is 5.32. The summed E-state index contributed by atoms with van der Waals surface area (Å²) in [6, 6.07) is 3.40. The molecular formula is C11H10ClNO4. The van der Waals surface area contributed by atoms with Crippen LogP contribution < -0.4 is 0 Å². The van der Waals surface area contributed by atoms with Gasteiger partial charge in [0.25, 0.3) is 0 Å². The van der Waals surface area contributed by atoms with Crippen LogP contribution in [0.1, 0.15) is 5.76 Å². The van der Waals surface area contributed by atoms with E-state index in [2.05, 4.69) is 0 Å². The Hall–Kier alpha value is -1.75. The van der Waals surface area contributed by atoms with E-state index in [0.717, 1.165) is 0 Å². The molecular weight excluding hydrogens is 246 g/mol. The Balaban J connectivity index is 2.43. The number of carbonyl (C=O) groups is 2. The maximum absolute atomic E-state index is 11.4. The predicted molar refractivity (Wildman–Crippen MR) is 59.5 cm³/mol. The maximum atomic E-state index is 11.4. The lowest BCUT2D eigenvalue weighted by molar-refractivity contribution is -0.109. The third-order valence-corrected chi connectivity index (χ3v) is 2.85. The van der Waals surface area contributed by atoms with Gasteiger partial charge in [-0.3, -0.25) is 4.79 Å². The average molecular weight is 256 g/mol. The summed E-state index contributed by atoms with van der Waals surface area (Å²) in [4.78, 5) is 23.3. The molecule has 0 saturated carbocycles. The van der Waals surface area contributed by atoms with Gasteiger partial charge in [-0.2, -0.15) is 0 Å². The quantitative estimate of drug-likeness (QED) is 0.468. The first-order chi connectivity index (χ1) is 8.20. The van der Waals surface area contributed by atoms with Gasteiger partial charge in [-0.15, -0.1) is 0 Å². The van der Waals surface area contributed by atoms with Crippen LogP contribution in [0.2, 0.25) is 0 Å². The fourth-order valence-electron chi connectivity index (χ4n) is 1.83. The van der Waals surface area contributed by atoms with Gasteiger partial charge in [0, 0.05) is 0 Å². The van der Waals surface area contributed by atoms with Crippen molar-refractivity contribution >= 4 is 23.3 Å². The highest BCUT2D eigenvalue weighted by Crippen LogP contribution is 2.35. The number of aldehydes is 1. The van der Waals surface area contributed by atoms with Crippen molar-refractivity contribution in [3.63, 3.8) is 0 Å². The fraction of sp³-hybridized carbons (Fsp3) is 0.273. The van der Waals surface area contributed by atoms with Crippen LogP contribution in [0.5, 0.6) is 0 Å². The summed E-state index contributed by atoms with van der Waals surface area (Å²) < 4.78 is 10.5. The molecule has 90 valence electrons. The van der Waals surface area contributed by atoms with Crippen molar-refractivity contribution in [3.8, 4) is 0 Å². The Kier molecular flexibility index (Phi) is 3.19. The minimum absolute atomic E-state index is 0.128. The topological polar surface area (TPSA) is 59.8 Å². The lowest BCUT2D eigenvalue weighted by Gasteiger charge is -2.34. The zero-order chi connectivity index (χ0) is 12.3. The van der Waals surface area contributed by atoms with Crippen LogP contribution in [0.3, 0.4) is 0 Å². The van der Waals surface area contributed by atoms with E-state index in [9.17, 15) is 9.59 Å². The standard InChI is InChI=1S/C11H10ClNO4/c12-10(15)13(4-5-14)11(3-7-16-8-11)9-2-1-6-17-9/h1-3,5-7H,4,8H2. The molecule has 2 heterocycles. The molecule has 6 heteroatoms. The molecule has 17 heavy (non-hydrogen) atoms. The largest absolute Gasteiger partial charge is 0.498 e. The summed E-state index contributed by atoms with van der Waals surface area (Å²) in [6.07, 6.45) is 5.20. The second-order valence-corrected chi connectivity index (χ2v) is 3.87. The number of amides is 1. The van der Waals surface area contributed by atoms with Crippen LogP contribution in [-0.2, 0) is 15.1 Å². The van der Waals surface area contributed by atoms with Crippen LogP contribution in [0.15, 0.2) is 35.2 Å². The van der Waals surface area contributed by atoms with Crippen molar-refractivity contribution < 1.29 is 18.7 Å². The molecule has 0 aliphatic carbocycles. The molecule has 1 aromatic heterocycles. The molecule has 1 aliphatic heterocycles. The van der Waals surface area contributed by atoms with E-state index in [4.69, 9.17) is 20.8 Å². The summed E-state index contributed by atoms with van der Waals surface area (Å²) in [5.41, 5.74) is -0.941. The molecule has 0 saturated heterocycles. The number of ether oxygens (including phenoxy) is 1. The minimum Gasteiger partial charge on any atom is -0.498 e. The van der Waals surface area contributed by atoms with Crippen molar-refractivity contribution in [1.29, 1.82) is 0 Å². The monoisotopic (exact) mass is 255 g/mol. The number of nitrogens with zero attached hydrogens (tertiary/aromatic N) is 1. The Bertz CT molecular complexity index is 442. The Morgan fingerprint density at radius 1 is 1.65 bits per heavy atom. The van der Waals surface area contributed by atoms with E-state index < -0.39 is 10.9 Å². The van der Waals surface area contributed by atoms with E-state index in [1.165, 1.54) is 17.4 Å². The lowest BCUT2D eigenvalue weighted by atomic mass is 9.96. The van der Waals surface area contributed by atoms with E-state index in [-0.39, 0.29) is 13.2 Å². The highest BCUT2D eigenvalue weighted by molar-refractivity contribution is 6.63.